The van der Waals surface area contributed by atoms with Crippen LogP contribution in [0, 0.1) is 6.92 Å². The lowest BCUT2D eigenvalue weighted by atomic mass is 10.1. The average molecular weight is 269 g/mol. The van der Waals surface area contributed by atoms with E-state index < -0.39 is 24.3 Å². The van der Waals surface area contributed by atoms with E-state index in [0.717, 1.165) is 11.3 Å². The molecule has 5 nitrogen and oxygen atoms in total. The van der Waals surface area contributed by atoms with Gasteiger partial charge in [-0.15, -0.1) is 10.2 Å². The second kappa shape index (κ2) is 4.57. The van der Waals surface area contributed by atoms with Crippen LogP contribution in [-0.4, -0.2) is 28.9 Å². The molecule has 0 aliphatic rings. The Labute approximate surface area is 98.8 Å². The highest BCUT2D eigenvalue weighted by Crippen LogP contribution is 2.23. The van der Waals surface area contributed by atoms with Gasteiger partial charge in [-0.1, -0.05) is 11.3 Å². The van der Waals surface area contributed by atoms with E-state index in [2.05, 4.69) is 14.9 Å². The van der Waals surface area contributed by atoms with Crippen molar-refractivity contribution in [3.63, 3.8) is 0 Å². The first-order valence-corrected chi connectivity index (χ1v) is 5.28. The molecule has 9 heteroatoms. The molecule has 2 N–H and O–H groups in total. The van der Waals surface area contributed by atoms with Crippen molar-refractivity contribution in [1.29, 1.82) is 0 Å². The number of rotatable bonds is 3. The molecule has 0 aliphatic carbocycles. The minimum atomic E-state index is -5.02. The normalized spacial score (nSPS) is 15.4. The van der Waals surface area contributed by atoms with Crippen LogP contribution in [0.2, 0.25) is 0 Å². The summed E-state index contributed by atoms with van der Waals surface area (Å²) in [5, 5.41) is 8.32. The van der Waals surface area contributed by atoms with E-state index in [-0.39, 0.29) is 0 Å². The van der Waals surface area contributed by atoms with Gasteiger partial charge in [0.05, 0.1) is 0 Å². The van der Waals surface area contributed by atoms with E-state index in [1.54, 1.807) is 6.92 Å². The molecule has 0 unspecified atom stereocenters. The van der Waals surface area contributed by atoms with Crippen LogP contribution in [0.3, 0.4) is 0 Å². The molecule has 1 aromatic heterocycles. The summed E-state index contributed by atoms with van der Waals surface area (Å²) in [5.41, 5.74) is 4.42. The molecular weight excluding hydrogens is 259 g/mol. The van der Waals surface area contributed by atoms with E-state index in [1.807, 2.05) is 0 Å². The number of alkyl halides is 3. The number of hydrogen-bond acceptors (Lipinski definition) is 6. The molecule has 1 aromatic rings. The first-order valence-electron chi connectivity index (χ1n) is 4.46. The van der Waals surface area contributed by atoms with Gasteiger partial charge in [-0.2, -0.15) is 13.2 Å². The number of carbonyl (C=O) groups excluding carboxylic acids is 1. The number of esters is 1. The second-order valence-corrected chi connectivity index (χ2v) is 4.80. The molecule has 0 saturated heterocycles. The van der Waals surface area contributed by atoms with E-state index in [1.165, 1.54) is 6.92 Å². The Balaban J connectivity index is 2.65. The monoisotopic (exact) mass is 269 g/mol. The second-order valence-electron chi connectivity index (χ2n) is 3.62. The SMILES string of the molecule is Cc1nnc([C@@](C)(N)COC(=O)C(F)(F)F)s1. The molecule has 0 radical (unpaired) electrons. The zero-order valence-corrected chi connectivity index (χ0v) is 9.85. The molecule has 17 heavy (non-hydrogen) atoms. The van der Waals surface area contributed by atoms with Gasteiger partial charge in [-0.25, -0.2) is 4.79 Å². The van der Waals surface area contributed by atoms with Crippen LogP contribution in [-0.2, 0) is 15.1 Å². The van der Waals surface area contributed by atoms with E-state index in [4.69, 9.17) is 5.73 Å². The smallest absolute Gasteiger partial charge is 0.457 e. The third-order valence-electron chi connectivity index (χ3n) is 1.75. The van der Waals surface area contributed by atoms with Crippen LogP contribution in [0.4, 0.5) is 13.2 Å². The molecule has 1 heterocycles. The lowest BCUT2D eigenvalue weighted by molar-refractivity contribution is -0.201. The largest absolute Gasteiger partial charge is 0.490 e. The molecule has 0 aromatic carbocycles. The summed E-state index contributed by atoms with van der Waals surface area (Å²) in [6.45, 7) is 2.48. The molecule has 0 fully saturated rings. The summed E-state index contributed by atoms with van der Waals surface area (Å²) in [6.07, 6.45) is -5.02. The molecule has 0 saturated carbocycles. The molecule has 0 aliphatic heterocycles. The van der Waals surface area contributed by atoms with Crippen molar-refractivity contribution < 1.29 is 22.7 Å². The Hall–Kier alpha value is -1.22. The number of hydrogen-bond donors (Lipinski definition) is 1. The Morgan fingerprint density at radius 2 is 2.06 bits per heavy atom. The fourth-order valence-corrected chi connectivity index (χ4v) is 1.62. The maximum absolute atomic E-state index is 11.9. The summed E-state index contributed by atoms with van der Waals surface area (Å²) in [4.78, 5) is 10.5. The van der Waals surface area contributed by atoms with Gasteiger partial charge in [0.1, 0.15) is 22.2 Å². The summed E-state index contributed by atoms with van der Waals surface area (Å²) in [6, 6.07) is 0. The Kier molecular flexibility index (Phi) is 3.72. The fourth-order valence-electron chi connectivity index (χ4n) is 0.886. The molecule has 96 valence electrons. The first-order chi connectivity index (χ1) is 7.63. The summed E-state index contributed by atoms with van der Waals surface area (Å²) >= 11 is 1.13. The van der Waals surface area contributed by atoms with Crippen LogP contribution in [0.25, 0.3) is 0 Å². The topological polar surface area (TPSA) is 78.1 Å². The van der Waals surface area contributed by atoms with Gasteiger partial charge in [0.25, 0.3) is 0 Å². The van der Waals surface area contributed by atoms with Gasteiger partial charge in [0.2, 0.25) is 0 Å². The lowest BCUT2D eigenvalue weighted by Crippen LogP contribution is -2.40. The Bertz CT molecular complexity index is 416. The standard InChI is InChI=1S/C8H10F3N3O2S/c1-4-13-14-5(17-4)7(2,12)3-16-6(15)8(9,10)11/h3,12H2,1-2H3/t7-/m0/s1. The number of nitrogens with zero attached hydrogens (tertiary/aromatic N) is 2. The minimum absolute atomic E-state index is 0.310. The molecule has 0 amide bonds. The highest BCUT2D eigenvalue weighted by molar-refractivity contribution is 7.11. The summed E-state index contributed by atoms with van der Waals surface area (Å²) in [5.74, 6) is -2.27. The van der Waals surface area contributed by atoms with Crippen LogP contribution in [0.5, 0.6) is 0 Å². The highest BCUT2D eigenvalue weighted by Gasteiger charge is 2.42. The molecule has 1 rings (SSSR count). The van der Waals surface area contributed by atoms with Crippen LogP contribution >= 0.6 is 11.3 Å². The molecule has 1 atom stereocenters. The van der Waals surface area contributed by atoms with Gasteiger partial charge in [-0.3, -0.25) is 0 Å². The van der Waals surface area contributed by atoms with Crippen molar-refractivity contribution in [3.05, 3.63) is 10.0 Å². The highest BCUT2D eigenvalue weighted by atomic mass is 32.1. The number of aryl methyl sites for hydroxylation is 1. The molecular formula is C8H10F3N3O2S. The predicted molar refractivity (Wildman–Crippen MR) is 53.2 cm³/mol. The maximum atomic E-state index is 11.9. The number of nitrogens with two attached hydrogens (primary N) is 1. The van der Waals surface area contributed by atoms with Crippen molar-refractivity contribution in [1.82, 2.24) is 10.2 Å². The van der Waals surface area contributed by atoms with Crippen LogP contribution < -0.4 is 5.73 Å². The maximum Gasteiger partial charge on any atom is 0.490 e. The van der Waals surface area contributed by atoms with Crippen molar-refractivity contribution >= 4 is 17.3 Å². The third-order valence-corrected chi connectivity index (χ3v) is 2.87. The summed E-state index contributed by atoms with van der Waals surface area (Å²) in [7, 11) is 0. The number of carbonyl (C=O) groups is 1. The van der Waals surface area contributed by atoms with Gasteiger partial charge >= 0.3 is 12.1 Å². The average Bonchev–Trinajstić information content (AvgIpc) is 2.60. The number of halogens is 3. The van der Waals surface area contributed by atoms with Crippen molar-refractivity contribution in [3.8, 4) is 0 Å². The predicted octanol–water partition coefficient (Wildman–Crippen LogP) is 1.13. The van der Waals surface area contributed by atoms with E-state index in [0.29, 0.717) is 10.0 Å². The number of aromatic nitrogens is 2. The first kappa shape index (κ1) is 13.8. The van der Waals surface area contributed by atoms with Gasteiger partial charge < -0.3 is 10.5 Å². The lowest BCUT2D eigenvalue weighted by Gasteiger charge is -2.21. The van der Waals surface area contributed by atoms with Gasteiger partial charge in [0.15, 0.2) is 0 Å². The van der Waals surface area contributed by atoms with Crippen molar-refractivity contribution in [2.24, 2.45) is 5.73 Å². The third kappa shape index (κ3) is 3.63. The number of ether oxygens (including phenoxy) is 1. The zero-order chi connectivity index (χ0) is 13.3. The molecule has 0 bridgehead atoms. The molecule has 0 spiro atoms. The van der Waals surface area contributed by atoms with Crippen molar-refractivity contribution in [2.45, 2.75) is 25.6 Å². The van der Waals surface area contributed by atoms with Gasteiger partial charge in [-0.05, 0) is 13.8 Å². The van der Waals surface area contributed by atoms with E-state index in [9.17, 15) is 18.0 Å². The van der Waals surface area contributed by atoms with Crippen molar-refractivity contribution in [2.75, 3.05) is 6.61 Å². The van der Waals surface area contributed by atoms with E-state index >= 15 is 0 Å². The Morgan fingerprint density at radius 3 is 2.47 bits per heavy atom. The quantitative estimate of drug-likeness (QED) is 0.832. The fraction of sp³-hybridized carbons (Fsp3) is 0.625. The minimum Gasteiger partial charge on any atom is -0.457 e. The zero-order valence-electron chi connectivity index (χ0n) is 9.04. The van der Waals surface area contributed by atoms with Crippen LogP contribution in [0.15, 0.2) is 0 Å². The Morgan fingerprint density at radius 1 is 1.47 bits per heavy atom. The van der Waals surface area contributed by atoms with Crippen LogP contribution in [0.1, 0.15) is 16.9 Å². The van der Waals surface area contributed by atoms with Gasteiger partial charge in [0, 0.05) is 0 Å². The summed E-state index contributed by atoms with van der Waals surface area (Å²) < 4.78 is 39.8.